The van der Waals surface area contributed by atoms with Gasteiger partial charge in [-0.25, -0.2) is 0 Å². The highest BCUT2D eigenvalue weighted by Crippen LogP contribution is 2.21. The number of methoxy groups -OCH3 is 1. The van der Waals surface area contributed by atoms with Gasteiger partial charge >= 0.3 is 0 Å². The van der Waals surface area contributed by atoms with Gasteiger partial charge in [0.25, 0.3) is 5.91 Å². The molecule has 0 spiro atoms. The van der Waals surface area contributed by atoms with E-state index < -0.39 is 0 Å². The molecule has 0 saturated heterocycles. The average molecular weight is 277 g/mol. The summed E-state index contributed by atoms with van der Waals surface area (Å²) in [7, 11) is 1.57. The van der Waals surface area contributed by atoms with Gasteiger partial charge in [-0.05, 0) is 30.3 Å². The van der Waals surface area contributed by atoms with Crippen molar-refractivity contribution in [1.82, 2.24) is 0 Å². The molecule has 98 valence electrons. The Morgan fingerprint density at radius 1 is 1.26 bits per heavy atom. The number of nitrogens with one attached hydrogen (secondary N) is 1. The molecule has 0 aliphatic heterocycles. The molecular weight excluding hydrogens is 264 g/mol. The summed E-state index contributed by atoms with van der Waals surface area (Å²) in [5.41, 5.74) is 7.11. The Balaban J connectivity index is 2.23. The van der Waals surface area contributed by atoms with Crippen LogP contribution in [0, 0.1) is 0 Å². The molecule has 0 aliphatic carbocycles. The smallest absolute Gasteiger partial charge is 0.257 e. The fourth-order valence-corrected chi connectivity index (χ4v) is 1.80. The van der Waals surface area contributed by atoms with Gasteiger partial charge in [0, 0.05) is 22.5 Å². The quantitative estimate of drug-likeness (QED) is 0.846. The number of nitrogen functional groups attached to an aromatic ring is 1. The first kappa shape index (κ1) is 13.2. The molecule has 0 saturated carbocycles. The van der Waals surface area contributed by atoms with E-state index in [-0.39, 0.29) is 5.91 Å². The number of halogens is 1. The molecule has 0 heterocycles. The minimum atomic E-state index is -0.312. The lowest BCUT2D eigenvalue weighted by Crippen LogP contribution is -2.14. The van der Waals surface area contributed by atoms with Gasteiger partial charge in [0.1, 0.15) is 5.75 Å². The molecule has 2 rings (SSSR count). The number of amides is 1. The topological polar surface area (TPSA) is 64.3 Å². The average Bonchev–Trinajstić information content (AvgIpc) is 2.41. The zero-order chi connectivity index (χ0) is 13.8. The predicted molar refractivity (Wildman–Crippen MR) is 76.8 cm³/mol. The molecule has 3 N–H and O–H groups in total. The third-order valence-corrected chi connectivity index (χ3v) is 2.82. The van der Waals surface area contributed by atoms with E-state index in [0.717, 1.165) is 0 Å². The molecule has 5 heteroatoms. The third-order valence-electron chi connectivity index (χ3n) is 2.59. The van der Waals surface area contributed by atoms with Crippen LogP contribution in [-0.2, 0) is 0 Å². The molecule has 19 heavy (non-hydrogen) atoms. The van der Waals surface area contributed by atoms with Crippen LogP contribution in [0.4, 0.5) is 11.4 Å². The first-order valence-electron chi connectivity index (χ1n) is 5.60. The van der Waals surface area contributed by atoms with Crippen molar-refractivity contribution < 1.29 is 9.53 Å². The number of ether oxygens (including phenoxy) is 1. The number of benzene rings is 2. The van der Waals surface area contributed by atoms with Crippen LogP contribution in [0.5, 0.6) is 5.75 Å². The normalized spacial score (nSPS) is 10.0. The molecule has 2 aromatic rings. The van der Waals surface area contributed by atoms with Crippen molar-refractivity contribution in [1.29, 1.82) is 0 Å². The van der Waals surface area contributed by atoms with Gasteiger partial charge in [0.15, 0.2) is 0 Å². The van der Waals surface area contributed by atoms with Crippen LogP contribution in [0.2, 0.25) is 5.02 Å². The molecule has 0 aliphatic rings. The molecule has 0 aromatic heterocycles. The molecule has 0 bridgehead atoms. The summed E-state index contributed by atoms with van der Waals surface area (Å²) >= 11 is 5.86. The standard InChI is InChI=1S/C14H13ClN2O2/c1-19-11-4-2-3-10(8-11)17-14(18)12-7-9(15)5-6-13(12)16/h2-8H,16H2,1H3,(H,17,18). The lowest BCUT2D eigenvalue weighted by Gasteiger charge is -2.09. The fraction of sp³-hybridized carbons (Fsp3) is 0.0714. The van der Waals surface area contributed by atoms with E-state index >= 15 is 0 Å². The fourth-order valence-electron chi connectivity index (χ4n) is 1.62. The van der Waals surface area contributed by atoms with Crippen LogP contribution in [0.1, 0.15) is 10.4 Å². The van der Waals surface area contributed by atoms with Gasteiger partial charge in [-0.2, -0.15) is 0 Å². The summed E-state index contributed by atoms with van der Waals surface area (Å²) in [5, 5.41) is 3.21. The summed E-state index contributed by atoms with van der Waals surface area (Å²) in [6, 6.07) is 11.8. The van der Waals surface area contributed by atoms with E-state index in [1.165, 1.54) is 6.07 Å². The van der Waals surface area contributed by atoms with Gasteiger partial charge in [0.2, 0.25) is 0 Å². The van der Waals surface area contributed by atoms with Crippen LogP contribution in [0.15, 0.2) is 42.5 Å². The maximum atomic E-state index is 12.1. The van der Waals surface area contributed by atoms with Gasteiger partial charge in [-0.3, -0.25) is 4.79 Å². The van der Waals surface area contributed by atoms with Crippen LogP contribution >= 0.6 is 11.6 Å². The van der Waals surface area contributed by atoms with Gasteiger partial charge < -0.3 is 15.8 Å². The second-order valence-corrected chi connectivity index (χ2v) is 4.35. The molecule has 0 atom stereocenters. The zero-order valence-electron chi connectivity index (χ0n) is 10.3. The summed E-state index contributed by atoms with van der Waals surface area (Å²) < 4.78 is 5.09. The molecule has 0 unspecified atom stereocenters. The Morgan fingerprint density at radius 2 is 2.05 bits per heavy atom. The minimum absolute atomic E-state index is 0.312. The van der Waals surface area contributed by atoms with Crippen molar-refractivity contribution in [3.8, 4) is 5.75 Å². The first-order chi connectivity index (χ1) is 9.10. The highest BCUT2D eigenvalue weighted by atomic mass is 35.5. The van der Waals surface area contributed by atoms with E-state index in [4.69, 9.17) is 22.1 Å². The maximum Gasteiger partial charge on any atom is 0.257 e. The Hall–Kier alpha value is -2.20. The van der Waals surface area contributed by atoms with E-state index in [1.54, 1.807) is 43.5 Å². The van der Waals surface area contributed by atoms with Crippen molar-refractivity contribution in [2.45, 2.75) is 0 Å². The Morgan fingerprint density at radius 3 is 2.79 bits per heavy atom. The number of hydrogen-bond acceptors (Lipinski definition) is 3. The second kappa shape index (κ2) is 5.63. The van der Waals surface area contributed by atoms with E-state index in [0.29, 0.717) is 27.7 Å². The number of carbonyl (C=O) groups excluding carboxylic acids is 1. The summed E-state index contributed by atoms with van der Waals surface area (Å²) in [6.07, 6.45) is 0. The Kier molecular flexibility index (Phi) is 3.92. The molecule has 0 radical (unpaired) electrons. The van der Waals surface area contributed by atoms with Crippen LogP contribution < -0.4 is 15.8 Å². The van der Waals surface area contributed by atoms with Crippen molar-refractivity contribution in [2.75, 3.05) is 18.2 Å². The zero-order valence-corrected chi connectivity index (χ0v) is 11.1. The maximum absolute atomic E-state index is 12.1. The summed E-state index contributed by atoms with van der Waals surface area (Å²) in [4.78, 5) is 12.1. The summed E-state index contributed by atoms with van der Waals surface area (Å²) in [5.74, 6) is 0.352. The Bertz CT molecular complexity index is 614. The minimum Gasteiger partial charge on any atom is -0.497 e. The van der Waals surface area contributed by atoms with Gasteiger partial charge in [0.05, 0.1) is 12.7 Å². The van der Waals surface area contributed by atoms with E-state index in [1.807, 2.05) is 0 Å². The highest BCUT2D eigenvalue weighted by molar-refractivity contribution is 6.31. The molecule has 0 fully saturated rings. The highest BCUT2D eigenvalue weighted by Gasteiger charge is 2.10. The third kappa shape index (κ3) is 3.17. The van der Waals surface area contributed by atoms with Crippen LogP contribution in [0.3, 0.4) is 0 Å². The van der Waals surface area contributed by atoms with Crippen LogP contribution in [-0.4, -0.2) is 13.0 Å². The molecule has 4 nitrogen and oxygen atoms in total. The first-order valence-corrected chi connectivity index (χ1v) is 5.98. The van der Waals surface area contributed by atoms with Crippen LogP contribution in [0.25, 0.3) is 0 Å². The van der Waals surface area contributed by atoms with Gasteiger partial charge in [-0.15, -0.1) is 0 Å². The SMILES string of the molecule is COc1cccc(NC(=O)c2cc(Cl)ccc2N)c1. The lowest BCUT2D eigenvalue weighted by molar-refractivity contribution is 0.102. The van der Waals surface area contributed by atoms with Crippen molar-refractivity contribution in [3.05, 3.63) is 53.1 Å². The number of anilines is 2. The predicted octanol–water partition coefficient (Wildman–Crippen LogP) is 3.18. The second-order valence-electron chi connectivity index (χ2n) is 3.92. The van der Waals surface area contributed by atoms with Crippen molar-refractivity contribution in [3.63, 3.8) is 0 Å². The number of nitrogens with two attached hydrogens (primary N) is 1. The molecule has 1 amide bonds. The molecular formula is C14H13ClN2O2. The summed E-state index contributed by atoms with van der Waals surface area (Å²) in [6.45, 7) is 0. The number of hydrogen-bond donors (Lipinski definition) is 2. The lowest BCUT2D eigenvalue weighted by atomic mass is 10.1. The Labute approximate surface area is 116 Å². The van der Waals surface area contributed by atoms with E-state index in [9.17, 15) is 4.79 Å². The number of carbonyl (C=O) groups is 1. The van der Waals surface area contributed by atoms with E-state index in [2.05, 4.69) is 5.32 Å². The monoisotopic (exact) mass is 276 g/mol. The molecule has 2 aromatic carbocycles. The van der Waals surface area contributed by atoms with Crippen molar-refractivity contribution in [2.24, 2.45) is 0 Å². The number of rotatable bonds is 3. The van der Waals surface area contributed by atoms with Crippen molar-refractivity contribution >= 4 is 28.9 Å². The van der Waals surface area contributed by atoms with Gasteiger partial charge in [-0.1, -0.05) is 17.7 Å². The largest absolute Gasteiger partial charge is 0.497 e.